The number of nitriles is 1. The van der Waals surface area contributed by atoms with E-state index in [1.54, 1.807) is 6.92 Å². The topological polar surface area (TPSA) is 76.3 Å². The van der Waals surface area contributed by atoms with E-state index in [0.717, 1.165) is 35.8 Å². The van der Waals surface area contributed by atoms with Gasteiger partial charge >= 0.3 is 12.7 Å². The van der Waals surface area contributed by atoms with Crippen LogP contribution in [0.1, 0.15) is 25.3 Å². The molecule has 1 aromatic heterocycles. The lowest BCUT2D eigenvalue weighted by atomic mass is 10.1. The highest BCUT2D eigenvalue weighted by atomic mass is 19.3. The van der Waals surface area contributed by atoms with Gasteiger partial charge in [0.2, 0.25) is 0 Å². The van der Waals surface area contributed by atoms with Gasteiger partial charge in [-0.15, -0.1) is 0 Å². The van der Waals surface area contributed by atoms with E-state index >= 15 is 0 Å². The number of carbonyl (C=O) groups is 1. The van der Waals surface area contributed by atoms with Crippen molar-refractivity contribution in [2.75, 3.05) is 19.0 Å². The van der Waals surface area contributed by atoms with Gasteiger partial charge in [-0.3, -0.25) is 5.32 Å². The van der Waals surface area contributed by atoms with Gasteiger partial charge in [0.15, 0.2) is 0 Å². The first-order valence-electron chi connectivity index (χ1n) is 10.3. The van der Waals surface area contributed by atoms with Crippen LogP contribution in [0.3, 0.4) is 0 Å². The molecular formula is C24H25F2N3O3. The van der Waals surface area contributed by atoms with Gasteiger partial charge in [0.25, 0.3) is 0 Å². The first-order valence-corrected chi connectivity index (χ1v) is 10.3. The summed E-state index contributed by atoms with van der Waals surface area (Å²) in [6, 6.07) is 18.0. The second kappa shape index (κ2) is 10.7. The summed E-state index contributed by atoms with van der Waals surface area (Å²) in [5, 5.41) is 13.6. The molecule has 1 saturated carbocycles. The van der Waals surface area contributed by atoms with Crippen molar-refractivity contribution >= 4 is 22.7 Å². The molecule has 8 heteroatoms. The van der Waals surface area contributed by atoms with Gasteiger partial charge in [-0.05, 0) is 43.9 Å². The summed E-state index contributed by atoms with van der Waals surface area (Å²) in [5.74, 6) is 0.673. The summed E-state index contributed by atoms with van der Waals surface area (Å²) in [6.07, 6.45) is 1.99. The largest absolute Gasteiger partial charge is 0.450 e. The Kier molecular flexibility index (Phi) is 7.79. The van der Waals surface area contributed by atoms with E-state index in [9.17, 15) is 18.8 Å². The van der Waals surface area contributed by atoms with Crippen molar-refractivity contribution in [1.82, 2.24) is 4.57 Å². The molecule has 0 saturated heterocycles. The van der Waals surface area contributed by atoms with Crippen LogP contribution in [-0.2, 0) is 16.0 Å². The smallest absolute Gasteiger partial charge is 0.411 e. The van der Waals surface area contributed by atoms with Crippen LogP contribution in [0.4, 0.5) is 19.3 Å². The van der Waals surface area contributed by atoms with E-state index in [0.29, 0.717) is 23.8 Å². The molecule has 32 heavy (non-hydrogen) atoms. The minimum atomic E-state index is -2.62. The van der Waals surface area contributed by atoms with Crippen molar-refractivity contribution in [2.24, 2.45) is 5.92 Å². The molecule has 0 unspecified atom stereocenters. The van der Waals surface area contributed by atoms with Crippen LogP contribution in [0.2, 0.25) is 0 Å². The number of hydrogen-bond donors (Lipinski definition) is 1. The Balaban J connectivity index is 0.000000523. The molecule has 2 aromatic carbocycles. The quantitative estimate of drug-likeness (QED) is 0.508. The molecule has 1 heterocycles. The average molecular weight is 441 g/mol. The number of nitrogens with one attached hydrogen (secondary N) is 1. The lowest BCUT2D eigenvalue weighted by Gasteiger charge is -2.12. The Morgan fingerprint density at radius 1 is 1.25 bits per heavy atom. The number of halogens is 2. The van der Waals surface area contributed by atoms with Crippen molar-refractivity contribution in [3.63, 3.8) is 0 Å². The standard InChI is InChI=1S/C22H21N3O2.C2H4F2O/c1-2-27-22(26)24-17-7-5-6-16(12-17)21-19(13-23)18-8-3-4-9-20(18)25(21)14-15-10-11-15;1-5-2(3)4/h3-9,12,15H,2,10-11,14H2,1H3,(H,24,26);2H,1H3. The molecule has 6 nitrogen and oxygen atoms in total. The normalized spacial score (nSPS) is 12.8. The van der Waals surface area contributed by atoms with Crippen molar-refractivity contribution in [3.8, 4) is 17.3 Å². The maximum absolute atomic E-state index is 11.8. The first kappa shape index (κ1) is 23.2. The highest BCUT2D eigenvalue weighted by Gasteiger charge is 2.26. The molecule has 1 N–H and O–H groups in total. The number of rotatable bonds is 6. The van der Waals surface area contributed by atoms with Gasteiger partial charge in [0.05, 0.1) is 17.9 Å². The fourth-order valence-corrected chi connectivity index (χ4v) is 3.49. The number of anilines is 1. The first-order chi connectivity index (χ1) is 15.5. The SMILES string of the molecule is CCOC(=O)Nc1cccc(-c2c(C#N)c3ccccc3n2CC2CC2)c1.COC(F)F. The number of alkyl halides is 2. The Labute approximate surface area is 185 Å². The molecule has 0 atom stereocenters. The Hall–Kier alpha value is -3.44. The number of methoxy groups -OCH3 is 1. The van der Waals surface area contributed by atoms with Crippen LogP contribution in [0, 0.1) is 17.2 Å². The molecule has 1 aliphatic rings. The molecule has 0 radical (unpaired) electrons. The third-order valence-electron chi connectivity index (χ3n) is 5.06. The Morgan fingerprint density at radius 3 is 2.59 bits per heavy atom. The van der Waals surface area contributed by atoms with Gasteiger partial charge in [0.1, 0.15) is 6.07 Å². The molecule has 3 aromatic rings. The fraction of sp³-hybridized carbons (Fsp3) is 0.333. The summed E-state index contributed by atoms with van der Waals surface area (Å²) in [7, 11) is 0.949. The van der Waals surface area contributed by atoms with Gasteiger partial charge < -0.3 is 14.0 Å². The molecule has 168 valence electrons. The summed E-state index contributed by atoms with van der Waals surface area (Å²) >= 11 is 0. The Morgan fingerprint density at radius 2 is 1.97 bits per heavy atom. The van der Waals surface area contributed by atoms with Crippen molar-refractivity contribution in [2.45, 2.75) is 32.9 Å². The average Bonchev–Trinajstić information content (AvgIpc) is 3.55. The maximum atomic E-state index is 11.8. The zero-order valence-electron chi connectivity index (χ0n) is 18.0. The van der Waals surface area contributed by atoms with Gasteiger partial charge in [0, 0.05) is 35.8 Å². The molecule has 1 amide bonds. The van der Waals surface area contributed by atoms with Crippen LogP contribution < -0.4 is 5.32 Å². The summed E-state index contributed by atoms with van der Waals surface area (Å²) in [6.45, 7) is 0.383. The predicted molar refractivity (Wildman–Crippen MR) is 118 cm³/mol. The molecular weight excluding hydrogens is 416 g/mol. The van der Waals surface area contributed by atoms with Gasteiger partial charge in [-0.1, -0.05) is 30.3 Å². The Bertz CT molecular complexity index is 1120. The molecule has 1 aliphatic carbocycles. The minimum absolute atomic E-state index is 0.319. The van der Waals surface area contributed by atoms with Crippen molar-refractivity contribution in [3.05, 3.63) is 54.1 Å². The lowest BCUT2D eigenvalue weighted by Crippen LogP contribution is -2.13. The highest BCUT2D eigenvalue weighted by molar-refractivity contribution is 5.95. The monoisotopic (exact) mass is 441 g/mol. The number of para-hydroxylation sites is 1. The van der Waals surface area contributed by atoms with Crippen LogP contribution in [0.25, 0.3) is 22.2 Å². The molecule has 4 rings (SSSR count). The second-order valence-electron chi connectivity index (χ2n) is 7.33. The molecule has 0 spiro atoms. The van der Waals surface area contributed by atoms with Gasteiger partial charge in [-0.2, -0.15) is 14.0 Å². The van der Waals surface area contributed by atoms with Crippen molar-refractivity contribution < 1.29 is 23.0 Å². The highest BCUT2D eigenvalue weighted by Crippen LogP contribution is 2.38. The number of fused-ring (bicyclic) bond motifs is 1. The van der Waals surface area contributed by atoms with E-state index in [2.05, 4.69) is 26.8 Å². The third kappa shape index (κ3) is 5.62. The van der Waals surface area contributed by atoms with Crippen LogP contribution in [-0.4, -0.2) is 31.0 Å². The number of carbonyl (C=O) groups excluding carboxylic acids is 1. The van der Waals surface area contributed by atoms with Crippen LogP contribution in [0.5, 0.6) is 0 Å². The number of ether oxygens (including phenoxy) is 2. The summed E-state index contributed by atoms with van der Waals surface area (Å²) in [4.78, 5) is 11.8. The summed E-state index contributed by atoms with van der Waals surface area (Å²) < 4.78 is 31.7. The molecule has 1 fully saturated rings. The predicted octanol–water partition coefficient (Wildman–Crippen LogP) is 6.01. The van der Waals surface area contributed by atoms with E-state index in [1.807, 2.05) is 42.5 Å². The van der Waals surface area contributed by atoms with E-state index in [1.165, 1.54) is 12.8 Å². The van der Waals surface area contributed by atoms with E-state index in [-0.39, 0.29) is 0 Å². The fourth-order valence-electron chi connectivity index (χ4n) is 3.49. The van der Waals surface area contributed by atoms with Crippen LogP contribution in [0.15, 0.2) is 48.5 Å². The summed E-state index contributed by atoms with van der Waals surface area (Å²) in [5.41, 5.74) is 4.24. The second-order valence-corrected chi connectivity index (χ2v) is 7.33. The van der Waals surface area contributed by atoms with E-state index in [4.69, 9.17) is 4.74 Å². The molecule has 0 aliphatic heterocycles. The molecule has 0 bridgehead atoms. The van der Waals surface area contributed by atoms with Crippen LogP contribution >= 0.6 is 0 Å². The number of nitrogens with zero attached hydrogens (tertiary/aromatic N) is 2. The number of amides is 1. The third-order valence-corrected chi connectivity index (χ3v) is 5.06. The number of benzene rings is 2. The zero-order valence-corrected chi connectivity index (χ0v) is 18.0. The van der Waals surface area contributed by atoms with Gasteiger partial charge in [-0.25, -0.2) is 4.79 Å². The zero-order chi connectivity index (χ0) is 23.1. The number of aromatic nitrogens is 1. The maximum Gasteiger partial charge on any atom is 0.411 e. The van der Waals surface area contributed by atoms with E-state index < -0.39 is 12.7 Å². The lowest BCUT2D eigenvalue weighted by molar-refractivity contribution is -0.105. The minimum Gasteiger partial charge on any atom is -0.450 e. The van der Waals surface area contributed by atoms with Crippen molar-refractivity contribution in [1.29, 1.82) is 5.26 Å². The number of hydrogen-bond acceptors (Lipinski definition) is 4.